The Morgan fingerprint density at radius 1 is 0.939 bits per heavy atom. The van der Waals surface area contributed by atoms with Gasteiger partial charge in [0.05, 0.1) is 38.5 Å². The fourth-order valence-electron chi connectivity index (χ4n) is 3.00. The number of methoxy groups -OCH3 is 3. The topological polar surface area (TPSA) is 123 Å². The third kappa shape index (κ3) is 7.09. The number of likely N-dealkylation sites (N-methyl/N-ethyl adjacent to an activating group) is 1. The van der Waals surface area contributed by atoms with Crippen molar-refractivity contribution in [1.82, 2.24) is 9.62 Å². The molecule has 180 valence electrons. The number of anilines is 1. The van der Waals surface area contributed by atoms with Gasteiger partial charge in [0.2, 0.25) is 21.8 Å². The van der Waals surface area contributed by atoms with E-state index >= 15 is 0 Å². The van der Waals surface area contributed by atoms with Crippen molar-refractivity contribution < 1.29 is 32.2 Å². The summed E-state index contributed by atoms with van der Waals surface area (Å²) in [5.41, 5.74) is 0.496. The highest BCUT2D eigenvalue weighted by molar-refractivity contribution is 7.89. The van der Waals surface area contributed by atoms with Crippen molar-refractivity contribution in [3.05, 3.63) is 42.5 Å². The molecule has 2 aromatic rings. The molecule has 2 aromatic carbocycles. The lowest BCUT2D eigenvalue weighted by Crippen LogP contribution is -2.39. The Balaban J connectivity index is 1.93. The summed E-state index contributed by atoms with van der Waals surface area (Å²) in [6.07, 6.45) is -0.109. The van der Waals surface area contributed by atoms with E-state index in [1.165, 1.54) is 44.4 Å². The van der Waals surface area contributed by atoms with Gasteiger partial charge < -0.3 is 24.4 Å². The number of carbonyl (C=O) groups is 2. The molecule has 11 heteroatoms. The van der Waals surface area contributed by atoms with Crippen molar-refractivity contribution in [2.45, 2.75) is 18.2 Å². The van der Waals surface area contributed by atoms with E-state index in [1.54, 1.807) is 31.2 Å². The SMILES string of the molecule is CCN(CC(=O)Nc1ccccc1OC)C(=O)CCNS(=O)(=O)c1ccc(OC)c(OC)c1. The third-order valence-electron chi connectivity index (χ3n) is 4.75. The molecule has 0 bridgehead atoms. The van der Waals surface area contributed by atoms with Crippen LogP contribution in [0.4, 0.5) is 5.69 Å². The number of nitrogens with one attached hydrogen (secondary N) is 2. The van der Waals surface area contributed by atoms with Crippen molar-refractivity contribution in [2.24, 2.45) is 0 Å². The van der Waals surface area contributed by atoms with Gasteiger partial charge in [-0.2, -0.15) is 0 Å². The molecule has 2 amide bonds. The molecular formula is C22H29N3O7S. The second-order valence-electron chi connectivity index (χ2n) is 6.82. The van der Waals surface area contributed by atoms with E-state index in [2.05, 4.69) is 10.0 Å². The van der Waals surface area contributed by atoms with Gasteiger partial charge in [0, 0.05) is 25.6 Å². The van der Waals surface area contributed by atoms with E-state index in [4.69, 9.17) is 14.2 Å². The summed E-state index contributed by atoms with van der Waals surface area (Å²) in [5.74, 6) is 0.430. The van der Waals surface area contributed by atoms with Crippen molar-refractivity contribution >= 4 is 27.5 Å². The maximum Gasteiger partial charge on any atom is 0.244 e. The molecule has 0 saturated heterocycles. The Labute approximate surface area is 193 Å². The van der Waals surface area contributed by atoms with Crippen LogP contribution in [0.15, 0.2) is 47.4 Å². The van der Waals surface area contributed by atoms with Crippen LogP contribution in [0.2, 0.25) is 0 Å². The minimum Gasteiger partial charge on any atom is -0.495 e. The summed E-state index contributed by atoms with van der Waals surface area (Å²) >= 11 is 0. The summed E-state index contributed by atoms with van der Waals surface area (Å²) in [7, 11) is 0.486. The minimum atomic E-state index is -3.87. The predicted octanol–water partition coefficient (Wildman–Crippen LogP) is 1.87. The average Bonchev–Trinajstić information content (AvgIpc) is 2.82. The van der Waals surface area contributed by atoms with Crippen LogP contribution in [0.5, 0.6) is 17.2 Å². The molecule has 2 rings (SSSR count). The van der Waals surface area contributed by atoms with Crippen LogP contribution in [0.25, 0.3) is 0 Å². The van der Waals surface area contributed by atoms with Crippen LogP contribution in [-0.2, 0) is 19.6 Å². The first-order valence-electron chi connectivity index (χ1n) is 10.2. The number of sulfonamides is 1. The summed E-state index contributed by atoms with van der Waals surface area (Å²) in [4.78, 5) is 26.3. The molecule has 0 aliphatic heterocycles. The summed E-state index contributed by atoms with van der Waals surface area (Å²) in [5, 5.41) is 2.71. The quantitative estimate of drug-likeness (QED) is 0.476. The standard InChI is InChI=1S/C22H29N3O7S/c1-5-25(15-21(26)24-17-8-6-7-9-18(17)30-2)22(27)12-13-23-33(28,29)16-10-11-19(31-3)20(14-16)32-4/h6-11,14,23H,5,12-13,15H2,1-4H3,(H,24,26). The van der Waals surface area contributed by atoms with Gasteiger partial charge in [-0.1, -0.05) is 12.1 Å². The number of amides is 2. The molecule has 0 aromatic heterocycles. The average molecular weight is 480 g/mol. The summed E-state index contributed by atoms with van der Waals surface area (Å²) < 4.78 is 42.9. The Bertz CT molecular complexity index is 1070. The van der Waals surface area contributed by atoms with Gasteiger partial charge in [-0.25, -0.2) is 13.1 Å². The molecule has 0 radical (unpaired) electrons. The second-order valence-corrected chi connectivity index (χ2v) is 8.59. The van der Waals surface area contributed by atoms with Gasteiger partial charge in [-0.05, 0) is 31.2 Å². The Morgan fingerprint density at radius 2 is 1.61 bits per heavy atom. The molecule has 10 nitrogen and oxygen atoms in total. The Morgan fingerprint density at radius 3 is 2.24 bits per heavy atom. The first kappa shape index (κ1) is 25.9. The highest BCUT2D eigenvalue weighted by atomic mass is 32.2. The molecule has 0 unspecified atom stereocenters. The predicted molar refractivity (Wildman–Crippen MR) is 123 cm³/mol. The molecule has 0 spiro atoms. The van der Waals surface area contributed by atoms with E-state index in [0.29, 0.717) is 23.7 Å². The maximum atomic E-state index is 12.6. The molecule has 33 heavy (non-hydrogen) atoms. The lowest BCUT2D eigenvalue weighted by molar-refractivity contribution is -0.134. The van der Waals surface area contributed by atoms with Gasteiger partial charge in [0.1, 0.15) is 5.75 Å². The van der Waals surface area contributed by atoms with Gasteiger partial charge in [-0.3, -0.25) is 9.59 Å². The number of para-hydroxylation sites is 2. The number of benzene rings is 2. The van der Waals surface area contributed by atoms with Crippen LogP contribution in [-0.4, -0.2) is 66.1 Å². The van der Waals surface area contributed by atoms with Gasteiger partial charge >= 0.3 is 0 Å². The number of hydrogen-bond donors (Lipinski definition) is 2. The largest absolute Gasteiger partial charge is 0.495 e. The third-order valence-corrected chi connectivity index (χ3v) is 6.20. The molecule has 0 fully saturated rings. The monoisotopic (exact) mass is 479 g/mol. The van der Waals surface area contributed by atoms with Crippen molar-refractivity contribution in [3.63, 3.8) is 0 Å². The highest BCUT2D eigenvalue weighted by Crippen LogP contribution is 2.29. The van der Waals surface area contributed by atoms with E-state index < -0.39 is 10.0 Å². The molecule has 0 heterocycles. The lowest BCUT2D eigenvalue weighted by Gasteiger charge is -2.21. The second kappa shape index (κ2) is 12.1. The van der Waals surface area contributed by atoms with Gasteiger partial charge in [0.15, 0.2) is 11.5 Å². The Hall–Kier alpha value is -3.31. The van der Waals surface area contributed by atoms with Crippen molar-refractivity contribution in [3.8, 4) is 17.2 Å². The van der Waals surface area contributed by atoms with Crippen LogP contribution >= 0.6 is 0 Å². The smallest absolute Gasteiger partial charge is 0.244 e. The van der Waals surface area contributed by atoms with Crippen LogP contribution in [0, 0.1) is 0 Å². The van der Waals surface area contributed by atoms with Crippen LogP contribution < -0.4 is 24.2 Å². The van der Waals surface area contributed by atoms with E-state index in [0.717, 1.165) is 0 Å². The number of nitrogens with zero attached hydrogens (tertiary/aromatic N) is 1. The Kier molecular flexibility index (Phi) is 9.49. The minimum absolute atomic E-state index is 0.0175. The molecule has 2 N–H and O–H groups in total. The van der Waals surface area contributed by atoms with Crippen LogP contribution in [0.3, 0.4) is 0 Å². The lowest BCUT2D eigenvalue weighted by atomic mass is 10.3. The van der Waals surface area contributed by atoms with E-state index in [9.17, 15) is 18.0 Å². The first-order valence-corrected chi connectivity index (χ1v) is 11.7. The zero-order valence-corrected chi connectivity index (χ0v) is 19.9. The number of rotatable bonds is 12. The fourth-order valence-corrected chi connectivity index (χ4v) is 4.05. The van der Waals surface area contributed by atoms with Crippen molar-refractivity contribution in [2.75, 3.05) is 46.3 Å². The first-order chi connectivity index (χ1) is 15.7. The molecule has 0 saturated carbocycles. The van der Waals surface area contributed by atoms with Crippen LogP contribution in [0.1, 0.15) is 13.3 Å². The highest BCUT2D eigenvalue weighted by Gasteiger charge is 2.20. The number of ether oxygens (including phenoxy) is 3. The van der Waals surface area contributed by atoms with Gasteiger partial charge in [0.25, 0.3) is 0 Å². The normalized spacial score (nSPS) is 10.9. The fraction of sp³-hybridized carbons (Fsp3) is 0.364. The van der Waals surface area contributed by atoms with E-state index in [-0.39, 0.29) is 42.0 Å². The number of carbonyl (C=O) groups excluding carboxylic acids is 2. The zero-order valence-electron chi connectivity index (χ0n) is 19.1. The molecule has 0 aliphatic carbocycles. The summed E-state index contributed by atoms with van der Waals surface area (Å²) in [6.45, 7) is 1.73. The number of hydrogen-bond acceptors (Lipinski definition) is 7. The van der Waals surface area contributed by atoms with Gasteiger partial charge in [-0.15, -0.1) is 0 Å². The molecule has 0 aliphatic rings. The maximum absolute atomic E-state index is 12.6. The zero-order chi connectivity index (χ0) is 24.4. The molecule has 0 atom stereocenters. The molecular weight excluding hydrogens is 450 g/mol. The summed E-state index contributed by atoms with van der Waals surface area (Å²) in [6, 6.07) is 11.1. The van der Waals surface area contributed by atoms with Crippen molar-refractivity contribution in [1.29, 1.82) is 0 Å². The van der Waals surface area contributed by atoms with E-state index in [1.807, 2.05) is 0 Å².